The minimum Gasteiger partial charge on any atom is -0.494 e. The Balaban J connectivity index is 1.35. The van der Waals surface area contributed by atoms with Gasteiger partial charge >= 0.3 is 6.18 Å². The maximum atomic E-state index is 12.8. The summed E-state index contributed by atoms with van der Waals surface area (Å²) in [6.45, 7) is 4.93. The van der Waals surface area contributed by atoms with Crippen molar-refractivity contribution in [2.75, 3.05) is 6.61 Å². The second-order valence-corrected chi connectivity index (χ2v) is 9.41. The third-order valence-corrected chi connectivity index (χ3v) is 7.32. The van der Waals surface area contributed by atoms with E-state index in [4.69, 9.17) is 9.73 Å². The highest BCUT2D eigenvalue weighted by Gasteiger charge is 2.31. The first kappa shape index (κ1) is 21.3. The predicted octanol–water partition coefficient (Wildman–Crippen LogP) is 6.86. The standard InChI is InChI=1S/C24H26F3NOS/c1-3-16-4-5-18-14-20(10-11-21(16)18)29-13-12-22-15(2)30-23(28-22)17-6-8-19(9-7-17)24(25,26)27/h6-11,14-16,22H,3-5,12-13H2,1-2H3/t15?,16-,22?/m1/s1. The molecule has 1 heterocycles. The van der Waals surface area contributed by atoms with Crippen LogP contribution in [0.25, 0.3) is 0 Å². The number of benzene rings is 2. The summed E-state index contributed by atoms with van der Waals surface area (Å²) in [6.07, 6.45) is 0.0116. The lowest BCUT2D eigenvalue weighted by Gasteiger charge is -2.14. The fraction of sp³-hybridized carbons (Fsp3) is 0.458. The molecule has 2 aliphatic rings. The molecule has 0 N–H and O–H groups in total. The lowest BCUT2D eigenvalue weighted by Crippen LogP contribution is -2.17. The summed E-state index contributed by atoms with van der Waals surface area (Å²) in [4.78, 5) is 4.76. The van der Waals surface area contributed by atoms with Gasteiger partial charge in [-0.2, -0.15) is 13.2 Å². The molecule has 1 aliphatic heterocycles. The smallest absolute Gasteiger partial charge is 0.416 e. The maximum Gasteiger partial charge on any atom is 0.416 e. The average Bonchev–Trinajstić information content (AvgIpc) is 3.30. The van der Waals surface area contributed by atoms with Crippen molar-refractivity contribution in [3.05, 3.63) is 64.7 Å². The zero-order valence-electron chi connectivity index (χ0n) is 17.2. The molecule has 0 saturated heterocycles. The summed E-state index contributed by atoms with van der Waals surface area (Å²) >= 11 is 1.62. The van der Waals surface area contributed by atoms with Gasteiger partial charge in [-0.05, 0) is 60.6 Å². The van der Waals surface area contributed by atoms with Crippen LogP contribution in [0.3, 0.4) is 0 Å². The molecule has 2 unspecified atom stereocenters. The van der Waals surface area contributed by atoms with Crippen LogP contribution in [0.2, 0.25) is 0 Å². The van der Waals surface area contributed by atoms with Crippen molar-refractivity contribution in [2.24, 2.45) is 4.99 Å². The molecule has 2 nitrogen and oxygen atoms in total. The van der Waals surface area contributed by atoms with Gasteiger partial charge in [0.1, 0.15) is 5.75 Å². The molecule has 0 radical (unpaired) electrons. The Morgan fingerprint density at radius 3 is 2.60 bits per heavy atom. The molecule has 2 aromatic rings. The van der Waals surface area contributed by atoms with E-state index in [-0.39, 0.29) is 11.3 Å². The van der Waals surface area contributed by atoms with Gasteiger partial charge in [0.15, 0.2) is 0 Å². The molecule has 0 aromatic heterocycles. The van der Waals surface area contributed by atoms with E-state index < -0.39 is 11.7 Å². The number of aliphatic imine (C=N–C) groups is 1. The molecule has 0 saturated carbocycles. The van der Waals surface area contributed by atoms with Gasteiger partial charge in [-0.3, -0.25) is 4.99 Å². The van der Waals surface area contributed by atoms with Crippen molar-refractivity contribution in [1.82, 2.24) is 0 Å². The Labute approximate surface area is 179 Å². The zero-order chi connectivity index (χ0) is 21.3. The van der Waals surface area contributed by atoms with E-state index in [1.54, 1.807) is 11.8 Å². The highest BCUT2D eigenvalue weighted by atomic mass is 32.2. The van der Waals surface area contributed by atoms with Gasteiger partial charge in [-0.25, -0.2) is 0 Å². The van der Waals surface area contributed by atoms with E-state index in [0.717, 1.165) is 41.3 Å². The highest BCUT2D eigenvalue weighted by Crippen LogP contribution is 2.37. The summed E-state index contributed by atoms with van der Waals surface area (Å²) in [5.41, 5.74) is 2.99. The topological polar surface area (TPSA) is 21.6 Å². The van der Waals surface area contributed by atoms with Crippen LogP contribution in [0.5, 0.6) is 5.75 Å². The fourth-order valence-electron chi connectivity index (χ4n) is 4.28. The second kappa shape index (κ2) is 8.66. The van der Waals surface area contributed by atoms with Gasteiger partial charge < -0.3 is 4.74 Å². The van der Waals surface area contributed by atoms with E-state index in [1.165, 1.54) is 36.1 Å². The average molecular weight is 434 g/mol. The second-order valence-electron chi connectivity index (χ2n) is 8.04. The summed E-state index contributed by atoms with van der Waals surface area (Å²) in [7, 11) is 0. The van der Waals surface area contributed by atoms with E-state index in [0.29, 0.717) is 12.5 Å². The van der Waals surface area contributed by atoms with Crippen molar-refractivity contribution < 1.29 is 17.9 Å². The molecular formula is C24H26F3NOS. The van der Waals surface area contributed by atoms with Crippen LogP contribution < -0.4 is 4.74 Å². The van der Waals surface area contributed by atoms with E-state index in [2.05, 4.69) is 32.0 Å². The summed E-state index contributed by atoms with van der Waals surface area (Å²) < 4.78 is 44.3. The Bertz CT molecular complexity index is 923. The van der Waals surface area contributed by atoms with Crippen molar-refractivity contribution in [3.8, 4) is 5.75 Å². The van der Waals surface area contributed by atoms with E-state index in [1.807, 2.05) is 0 Å². The molecule has 3 atom stereocenters. The number of alkyl halides is 3. The number of hydrogen-bond acceptors (Lipinski definition) is 3. The Kier molecular flexibility index (Phi) is 6.14. The molecule has 0 amide bonds. The van der Waals surface area contributed by atoms with Crippen LogP contribution >= 0.6 is 11.8 Å². The van der Waals surface area contributed by atoms with Crippen LogP contribution in [-0.2, 0) is 12.6 Å². The van der Waals surface area contributed by atoms with Gasteiger partial charge in [0.05, 0.1) is 23.3 Å². The fourth-order valence-corrected chi connectivity index (χ4v) is 5.45. The molecule has 0 bridgehead atoms. The third-order valence-electron chi connectivity index (χ3n) is 6.07. The van der Waals surface area contributed by atoms with Crippen LogP contribution in [0.1, 0.15) is 61.3 Å². The number of rotatable bonds is 6. The molecule has 0 fully saturated rings. The molecular weight excluding hydrogens is 407 g/mol. The first-order valence-electron chi connectivity index (χ1n) is 10.5. The highest BCUT2D eigenvalue weighted by molar-refractivity contribution is 8.15. The van der Waals surface area contributed by atoms with Crippen LogP contribution in [-0.4, -0.2) is 22.9 Å². The molecule has 30 heavy (non-hydrogen) atoms. The number of thioether (sulfide) groups is 1. The van der Waals surface area contributed by atoms with Crippen molar-refractivity contribution in [2.45, 2.75) is 62.9 Å². The Hall–Kier alpha value is -1.95. The van der Waals surface area contributed by atoms with Crippen molar-refractivity contribution in [3.63, 3.8) is 0 Å². The molecule has 2 aromatic carbocycles. The summed E-state index contributed by atoms with van der Waals surface area (Å²) in [5.74, 6) is 1.60. The predicted molar refractivity (Wildman–Crippen MR) is 117 cm³/mol. The lowest BCUT2D eigenvalue weighted by atomic mass is 9.99. The molecule has 1 aliphatic carbocycles. The summed E-state index contributed by atoms with van der Waals surface area (Å²) in [6, 6.07) is 11.8. The first-order valence-corrected chi connectivity index (χ1v) is 11.4. The number of hydrogen-bond donors (Lipinski definition) is 0. The van der Waals surface area contributed by atoms with Gasteiger partial charge in [0, 0.05) is 17.2 Å². The lowest BCUT2D eigenvalue weighted by molar-refractivity contribution is -0.137. The summed E-state index contributed by atoms with van der Waals surface area (Å²) in [5, 5.41) is 1.08. The number of nitrogens with zero attached hydrogens (tertiary/aromatic N) is 1. The van der Waals surface area contributed by atoms with Crippen LogP contribution in [0.15, 0.2) is 47.5 Å². The van der Waals surface area contributed by atoms with Crippen molar-refractivity contribution in [1.29, 1.82) is 0 Å². The third kappa shape index (κ3) is 4.53. The normalized spacial score (nSPS) is 23.4. The molecule has 6 heteroatoms. The van der Waals surface area contributed by atoms with Gasteiger partial charge in [-0.1, -0.05) is 32.0 Å². The van der Waals surface area contributed by atoms with Gasteiger partial charge in [-0.15, -0.1) is 11.8 Å². The van der Waals surface area contributed by atoms with Crippen molar-refractivity contribution >= 4 is 16.8 Å². The number of aryl methyl sites for hydroxylation is 1. The largest absolute Gasteiger partial charge is 0.494 e. The zero-order valence-corrected chi connectivity index (χ0v) is 18.0. The molecule has 160 valence electrons. The maximum absolute atomic E-state index is 12.8. The number of halogens is 3. The quantitative estimate of drug-likeness (QED) is 0.496. The van der Waals surface area contributed by atoms with Gasteiger partial charge in [0.25, 0.3) is 0 Å². The van der Waals surface area contributed by atoms with Crippen LogP contribution in [0.4, 0.5) is 13.2 Å². The minimum atomic E-state index is -4.31. The Morgan fingerprint density at radius 2 is 1.90 bits per heavy atom. The monoisotopic (exact) mass is 433 g/mol. The van der Waals surface area contributed by atoms with E-state index in [9.17, 15) is 13.2 Å². The molecule has 0 spiro atoms. The SMILES string of the molecule is CC[C@@H]1CCc2cc(OCCC3N=C(c4ccc(C(F)(F)F)cc4)SC3C)ccc21. The number of ether oxygens (including phenoxy) is 1. The van der Waals surface area contributed by atoms with Crippen LogP contribution in [0, 0.1) is 0 Å². The minimum absolute atomic E-state index is 0.103. The number of fused-ring (bicyclic) bond motifs is 1. The first-order chi connectivity index (χ1) is 14.3. The van der Waals surface area contributed by atoms with Gasteiger partial charge in [0.2, 0.25) is 0 Å². The Morgan fingerprint density at radius 1 is 1.13 bits per heavy atom. The molecule has 4 rings (SSSR count). The van der Waals surface area contributed by atoms with E-state index >= 15 is 0 Å².